The lowest BCUT2D eigenvalue weighted by molar-refractivity contribution is 0.309. The minimum atomic E-state index is 0.634. The van der Waals surface area contributed by atoms with E-state index in [1.165, 1.54) is 0 Å². The van der Waals surface area contributed by atoms with Crippen molar-refractivity contribution in [2.75, 3.05) is 12.5 Å². The lowest BCUT2D eigenvalue weighted by atomic mass is 10.3. The van der Waals surface area contributed by atoms with Crippen molar-refractivity contribution in [3.8, 4) is 0 Å². The summed E-state index contributed by atoms with van der Waals surface area (Å²) in [7, 11) is 2.01. The summed E-state index contributed by atoms with van der Waals surface area (Å²) in [4.78, 5) is 10.8. The highest BCUT2D eigenvalue weighted by atomic mass is 16.3. The molecule has 0 aromatic carbocycles. The zero-order valence-corrected chi connectivity index (χ0v) is 10.6. The van der Waals surface area contributed by atoms with Gasteiger partial charge in [-0.15, -0.1) is 0 Å². The van der Waals surface area contributed by atoms with Crippen molar-refractivity contribution in [3.63, 3.8) is 0 Å². The molecule has 0 saturated heterocycles. The lowest BCUT2D eigenvalue weighted by Crippen LogP contribution is -2.20. The Morgan fingerprint density at radius 2 is 2.22 bits per heavy atom. The van der Waals surface area contributed by atoms with E-state index < -0.39 is 0 Å². The van der Waals surface area contributed by atoms with Gasteiger partial charge in [0.25, 0.3) is 0 Å². The number of furan rings is 1. The molecule has 0 unspecified atom stereocenters. The molecular weight excluding hydrogens is 230 g/mol. The van der Waals surface area contributed by atoms with Crippen LogP contribution in [-0.2, 0) is 13.1 Å². The van der Waals surface area contributed by atoms with Crippen LogP contribution in [0.15, 0.2) is 29.1 Å². The summed E-state index contributed by atoms with van der Waals surface area (Å²) >= 11 is 0. The van der Waals surface area contributed by atoms with Crippen molar-refractivity contribution in [2.45, 2.75) is 20.0 Å². The number of rotatable bonds is 5. The molecule has 6 heteroatoms. The number of hydrazine groups is 1. The molecule has 2 heterocycles. The van der Waals surface area contributed by atoms with E-state index in [-0.39, 0.29) is 0 Å². The second-order valence-corrected chi connectivity index (χ2v) is 4.26. The van der Waals surface area contributed by atoms with Gasteiger partial charge >= 0.3 is 0 Å². The van der Waals surface area contributed by atoms with Gasteiger partial charge in [0, 0.05) is 23.9 Å². The van der Waals surface area contributed by atoms with Gasteiger partial charge < -0.3 is 9.84 Å². The maximum absolute atomic E-state index is 5.36. The molecule has 96 valence electrons. The molecule has 0 amide bonds. The Morgan fingerprint density at radius 3 is 2.89 bits per heavy atom. The molecule has 0 atom stereocenters. The smallest absolute Gasteiger partial charge is 0.145 e. The predicted molar refractivity (Wildman–Crippen MR) is 68.5 cm³/mol. The highest BCUT2D eigenvalue weighted by molar-refractivity contribution is 5.33. The Morgan fingerprint density at radius 1 is 1.39 bits per heavy atom. The van der Waals surface area contributed by atoms with E-state index in [1.807, 2.05) is 20.0 Å². The molecule has 6 nitrogen and oxygen atoms in total. The number of nitrogen functional groups attached to an aromatic ring is 1. The fourth-order valence-electron chi connectivity index (χ4n) is 1.77. The van der Waals surface area contributed by atoms with Crippen molar-refractivity contribution in [2.24, 2.45) is 5.84 Å². The van der Waals surface area contributed by atoms with E-state index in [1.54, 1.807) is 18.6 Å². The van der Waals surface area contributed by atoms with Crippen molar-refractivity contribution < 1.29 is 4.42 Å². The number of hydrogen-bond donors (Lipinski definition) is 2. The standard InChI is InChI=1S/C12H17N5O/c1-9-5-11(16-13)15-12(14-9)7-17(2)6-10-3-4-18-8-10/h3-5,8H,6-7,13H2,1-2H3,(H,14,15,16). The summed E-state index contributed by atoms with van der Waals surface area (Å²) in [5.74, 6) is 6.74. The summed E-state index contributed by atoms with van der Waals surface area (Å²) in [6.07, 6.45) is 3.41. The van der Waals surface area contributed by atoms with Crippen LogP contribution in [0, 0.1) is 6.92 Å². The van der Waals surface area contributed by atoms with Crippen LogP contribution in [0.2, 0.25) is 0 Å². The van der Waals surface area contributed by atoms with Crippen molar-refractivity contribution in [3.05, 3.63) is 41.7 Å². The molecular formula is C12H17N5O. The first-order chi connectivity index (χ1) is 8.67. The topological polar surface area (TPSA) is 80.2 Å². The maximum atomic E-state index is 5.36. The third kappa shape index (κ3) is 3.28. The summed E-state index contributed by atoms with van der Waals surface area (Å²) in [6.45, 7) is 3.36. The first-order valence-corrected chi connectivity index (χ1v) is 5.68. The summed E-state index contributed by atoms with van der Waals surface area (Å²) in [5, 5.41) is 0. The molecule has 0 fully saturated rings. The molecule has 2 rings (SSSR count). The number of nitrogens with zero attached hydrogens (tertiary/aromatic N) is 3. The van der Waals surface area contributed by atoms with Crippen molar-refractivity contribution >= 4 is 5.82 Å². The minimum Gasteiger partial charge on any atom is -0.472 e. The number of aryl methyl sites for hydroxylation is 1. The van der Waals surface area contributed by atoms with Crippen LogP contribution in [0.3, 0.4) is 0 Å². The van der Waals surface area contributed by atoms with E-state index in [0.717, 1.165) is 23.6 Å². The average molecular weight is 247 g/mol. The second kappa shape index (κ2) is 5.61. The highest BCUT2D eigenvalue weighted by Crippen LogP contribution is 2.09. The molecule has 0 radical (unpaired) electrons. The normalized spacial score (nSPS) is 10.9. The van der Waals surface area contributed by atoms with Gasteiger partial charge in [-0.05, 0) is 20.0 Å². The maximum Gasteiger partial charge on any atom is 0.145 e. The highest BCUT2D eigenvalue weighted by Gasteiger charge is 2.06. The van der Waals surface area contributed by atoms with Gasteiger partial charge in [-0.2, -0.15) is 0 Å². The van der Waals surface area contributed by atoms with Gasteiger partial charge in [0.2, 0.25) is 0 Å². The molecule has 18 heavy (non-hydrogen) atoms. The largest absolute Gasteiger partial charge is 0.472 e. The third-order valence-electron chi connectivity index (χ3n) is 2.49. The first-order valence-electron chi connectivity index (χ1n) is 5.68. The minimum absolute atomic E-state index is 0.634. The van der Waals surface area contributed by atoms with E-state index >= 15 is 0 Å². The van der Waals surface area contributed by atoms with Crippen LogP contribution >= 0.6 is 0 Å². The summed E-state index contributed by atoms with van der Waals surface area (Å²) in [6, 6.07) is 3.75. The Hall–Kier alpha value is -1.92. The fraction of sp³-hybridized carbons (Fsp3) is 0.333. The van der Waals surface area contributed by atoms with Crippen molar-refractivity contribution in [1.82, 2.24) is 14.9 Å². The molecule has 0 aliphatic carbocycles. The number of aromatic nitrogens is 2. The van der Waals surface area contributed by atoms with Gasteiger partial charge in [0.15, 0.2) is 0 Å². The SMILES string of the molecule is Cc1cc(NN)nc(CN(C)Cc2ccoc2)n1. The number of hydrogen-bond acceptors (Lipinski definition) is 6. The third-order valence-corrected chi connectivity index (χ3v) is 2.49. The van der Waals surface area contributed by atoms with Gasteiger partial charge in [0.05, 0.1) is 19.1 Å². The molecule has 0 aliphatic heterocycles. The molecule has 0 saturated carbocycles. The Labute approximate surface area is 106 Å². The van der Waals surface area contributed by atoms with Crippen LogP contribution in [0.1, 0.15) is 17.1 Å². The zero-order valence-electron chi connectivity index (χ0n) is 10.6. The van der Waals surface area contributed by atoms with Gasteiger partial charge in [0.1, 0.15) is 11.6 Å². The van der Waals surface area contributed by atoms with E-state index in [2.05, 4.69) is 20.3 Å². The zero-order chi connectivity index (χ0) is 13.0. The number of anilines is 1. The molecule has 0 aliphatic rings. The van der Waals surface area contributed by atoms with Crippen LogP contribution in [0.25, 0.3) is 0 Å². The Balaban J connectivity index is 2.02. The second-order valence-electron chi connectivity index (χ2n) is 4.26. The van der Waals surface area contributed by atoms with Gasteiger partial charge in [-0.25, -0.2) is 15.8 Å². The summed E-state index contributed by atoms with van der Waals surface area (Å²) in [5.41, 5.74) is 4.56. The van der Waals surface area contributed by atoms with Crippen LogP contribution in [-0.4, -0.2) is 21.9 Å². The van der Waals surface area contributed by atoms with E-state index in [4.69, 9.17) is 10.3 Å². The molecule has 0 bridgehead atoms. The lowest BCUT2D eigenvalue weighted by Gasteiger charge is -2.15. The number of nitrogens with one attached hydrogen (secondary N) is 1. The van der Waals surface area contributed by atoms with Gasteiger partial charge in [-0.1, -0.05) is 0 Å². The Bertz CT molecular complexity index is 497. The first kappa shape index (κ1) is 12.5. The van der Waals surface area contributed by atoms with Crippen molar-refractivity contribution in [1.29, 1.82) is 0 Å². The molecule has 0 spiro atoms. The van der Waals surface area contributed by atoms with E-state index in [0.29, 0.717) is 12.4 Å². The van der Waals surface area contributed by atoms with Crippen LogP contribution in [0.4, 0.5) is 5.82 Å². The van der Waals surface area contributed by atoms with Crippen LogP contribution < -0.4 is 11.3 Å². The quantitative estimate of drug-likeness (QED) is 0.612. The van der Waals surface area contributed by atoms with E-state index in [9.17, 15) is 0 Å². The monoisotopic (exact) mass is 247 g/mol. The number of nitrogens with two attached hydrogens (primary N) is 1. The fourth-order valence-corrected chi connectivity index (χ4v) is 1.77. The average Bonchev–Trinajstić information content (AvgIpc) is 2.80. The molecule has 3 N–H and O–H groups in total. The Kier molecular flexibility index (Phi) is 3.91. The van der Waals surface area contributed by atoms with Crippen LogP contribution in [0.5, 0.6) is 0 Å². The van der Waals surface area contributed by atoms with Gasteiger partial charge in [-0.3, -0.25) is 4.90 Å². The molecule has 2 aromatic heterocycles. The molecule has 2 aromatic rings. The predicted octanol–water partition coefficient (Wildman–Crippen LogP) is 1.30. The summed E-state index contributed by atoms with van der Waals surface area (Å²) < 4.78 is 5.04.